The van der Waals surface area contributed by atoms with Crippen molar-refractivity contribution in [2.45, 2.75) is 40.0 Å². The molecule has 0 aromatic heterocycles. The highest BCUT2D eigenvalue weighted by Crippen LogP contribution is 2.30. The maximum absolute atomic E-state index is 2.38. The minimum atomic E-state index is 0.667. The second-order valence-electron chi connectivity index (χ2n) is 6.62. The third-order valence-electron chi connectivity index (χ3n) is 4.42. The van der Waals surface area contributed by atoms with Crippen molar-refractivity contribution in [1.82, 2.24) is 0 Å². The molecule has 0 N–H and O–H groups in total. The Kier molecular flexibility index (Phi) is 8.48. The number of anilines is 2. The summed E-state index contributed by atoms with van der Waals surface area (Å²) < 4.78 is 0. The fourth-order valence-electron chi connectivity index (χ4n) is 2.99. The SMILES string of the molecule is C/C=C\C(=C/CC(C)CC/C=C/C)N(c1ccccc1)c1ccccc1. The van der Waals surface area contributed by atoms with E-state index >= 15 is 0 Å². The van der Waals surface area contributed by atoms with Crippen molar-refractivity contribution in [2.75, 3.05) is 4.90 Å². The van der Waals surface area contributed by atoms with Gasteiger partial charge in [-0.05, 0) is 69.4 Å². The maximum Gasteiger partial charge on any atom is 0.0461 e. The van der Waals surface area contributed by atoms with E-state index in [4.69, 9.17) is 0 Å². The summed E-state index contributed by atoms with van der Waals surface area (Å²) in [5, 5.41) is 0. The van der Waals surface area contributed by atoms with Gasteiger partial charge in [-0.3, -0.25) is 0 Å². The van der Waals surface area contributed by atoms with E-state index in [1.807, 2.05) is 0 Å². The predicted molar refractivity (Wildman–Crippen MR) is 116 cm³/mol. The molecule has 0 radical (unpaired) electrons. The molecule has 0 spiro atoms. The first-order valence-electron chi connectivity index (χ1n) is 9.60. The van der Waals surface area contributed by atoms with Crippen LogP contribution in [0.3, 0.4) is 0 Å². The topological polar surface area (TPSA) is 3.24 Å². The van der Waals surface area contributed by atoms with Crippen LogP contribution < -0.4 is 4.90 Å². The molecule has 2 aromatic rings. The van der Waals surface area contributed by atoms with Crippen LogP contribution in [-0.2, 0) is 0 Å². The second-order valence-corrected chi connectivity index (χ2v) is 6.62. The molecule has 0 aliphatic carbocycles. The predicted octanol–water partition coefficient (Wildman–Crippen LogP) is 7.67. The van der Waals surface area contributed by atoms with E-state index in [1.54, 1.807) is 0 Å². The van der Waals surface area contributed by atoms with E-state index < -0.39 is 0 Å². The van der Waals surface area contributed by atoms with Gasteiger partial charge < -0.3 is 4.90 Å². The van der Waals surface area contributed by atoms with Gasteiger partial charge in [0.25, 0.3) is 0 Å². The molecular weight excluding hydrogens is 314 g/mol. The number of hydrogen-bond acceptors (Lipinski definition) is 1. The molecule has 1 atom stereocenters. The average Bonchev–Trinajstić information content (AvgIpc) is 2.68. The lowest BCUT2D eigenvalue weighted by molar-refractivity contribution is 0.545. The largest absolute Gasteiger partial charge is 0.311 e. The van der Waals surface area contributed by atoms with E-state index in [9.17, 15) is 0 Å². The molecule has 0 saturated carbocycles. The summed E-state index contributed by atoms with van der Waals surface area (Å²) in [4.78, 5) is 2.33. The van der Waals surface area contributed by atoms with Gasteiger partial charge in [0, 0.05) is 17.1 Å². The normalized spacial score (nSPS) is 13.4. The summed E-state index contributed by atoms with van der Waals surface area (Å²) in [5.41, 5.74) is 3.59. The minimum Gasteiger partial charge on any atom is -0.311 e. The van der Waals surface area contributed by atoms with E-state index in [1.165, 1.54) is 23.5 Å². The average molecular weight is 346 g/mol. The number of hydrogen-bond donors (Lipinski definition) is 0. The fourth-order valence-corrected chi connectivity index (χ4v) is 2.99. The van der Waals surface area contributed by atoms with Gasteiger partial charge in [0.1, 0.15) is 0 Å². The summed E-state index contributed by atoms with van der Waals surface area (Å²) in [6.07, 6.45) is 14.6. The lowest BCUT2D eigenvalue weighted by Crippen LogP contribution is -2.15. The molecule has 1 unspecified atom stereocenters. The van der Waals surface area contributed by atoms with Gasteiger partial charge in [-0.2, -0.15) is 0 Å². The molecule has 0 amide bonds. The first-order chi connectivity index (χ1) is 12.8. The number of para-hydroxylation sites is 2. The van der Waals surface area contributed by atoms with Gasteiger partial charge in [0.05, 0.1) is 0 Å². The van der Waals surface area contributed by atoms with Gasteiger partial charge >= 0.3 is 0 Å². The number of allylic oxidation sites excluding steroid dienone is 5. The summed E-state index contributed by atoms with van der Waals surface area (Å²) in [6.45, 7) is 6.51. The van der Waals surface area contributed by atoms with E-state index in [0.29, 0.717) is 5.92 Å². The summed E-state index contributed by atoms with van der Waals surface area (Å²) >= 11 is 0. The lowest BCUT2D eigenvalue weighted by atomic mass is 10.0. The lowest BCUT2D eigenvalue weighted by Gasteiger charge is -2.27. The van der Waals surface area contributed by atoms with Crippen LogP contribution in [-0.4, -0.2) is 0 Å². The maximum atomic E-state index is 2.38. The summed E-state index contributed by atoms with van der Waals surface area (Å²) in [5.74, 6) is 0.667. The Morgan fingerprint density at radius 2 is 1.46 bits per heavy atom. The van der Waals surface area contributed by atoms with Crippen LogP contribution in [0.2, 0.25) is 0 Å². The van der Waals surface area contributed by atoms with E-state index in [-0.39, 0.29) is 0 Å². The minimum absolute atomic E-state index is 0.667. The van der Waals surface area contributed by atoms with Crippen LogP contribution >= 0.6 is 0 Å². The number of nitrogens with zero attached hydrogens (tertiary/aromatic N) is 1. The molecule has 0 aliphatic heterocycles. The molecule has 136 valence electrons. The Labute approximate surface area is 159 Å². The quantitative estimate of drug-likeness (QED) is 0.333. The molecule has 1 nitrogen and oxygen atoms in total. The van der Waals surface area contributed by atoms with Crippen molar-refractivity contribution in [1.29, 1.82) is 0 Å². The van der Waals surface area contributed by atoms with Crippen LogP contribution in [0.15, 0.2) is 96.7 Å². The Bertz CT molecular complexity index is 671. The fraction of sp³-hybridized carbons (Fsp3) is 0.280. The van der Waals surface area contributed by atoms with Crippen molar-refractivity contribution >= 4 is 11.4 Å². The van der Waals surface area contributed by atoms with Crippen LogP contribution in [0, 0.1) is 5.92 Å². The summed E-state index contributed by atoms with van der Waals surface area (Å²) in [6, 6.07) is 21.2. The van der Waals surface area contributed by atoms with Gasteiger partial charge in [-0.25, -0.2) is 0 Å². The Hall–Kier alpha value is -2.54. The van der Waals surface area contributed by atoms with E-state index in [0.717, 1.165) is 12.8 Å². The van der Waals surface area contributed by atoms with Crippen LogP contribution in [0.5, 0.6) is 0 Å². The standard InChI is InChI=1S/C25H31N/c1-4-6-9-15-22(3)20-21-23(14-5-2)26(24-16-10-7-11-17-24)25-18-12-8-13-19-25/h4-8,10-14,16-19,21-22H,9,15,20H2,1-3H3/b6-4+,14-5-,23-21+. The van der Waals surface area contributed by atoms with Crippen LogP contribution in [0.1, 0.15) is 40.0 Å². The zero-order valence-corrected chi connectivity index (χ0v) is 16.3. The molecular formula is C25H31N. The highest BCUT2D eigenvalue weighted by atomic mass is 15.1. The van der Waals surface area contributed by atoms with Gasteiger partial charge in [0.2, 0.25) is 0 Å². The monoisotopic (exact) mass is 345 g/mol. The van der Waals surface area contributed by atoms with Crippen molar-refractivity contribution in [3.63, 3.8) is 0 Å². The van der Waals surface area contributed by atoms with Gasteiger partial charge in [-0.1, -0.05) is 67.6 Å². The third-order valence-corrected chi connectivity index (χ3v) is 4.42. The second kappa shape index (κ2) is 11.1. The third kappa shape index (κ3) is 6.07. The van der Waals surface area contributed by atoms with Crippen molar-refractivity contribution in [2.24, 2.45) is 5.92 Å². The molecule has 1 heteroatoms. The highest BCUT2D eigenvalue weighted by molar-refractivity contribution is 5.69. The highest BCUT2D eigenvalue weighted by Gasteiger charge is 2.12. The molecule has 0 aliphatic rings. The Morgan fingerprint density at radius 1 is 0.885 bits per heavy atom. The Balaban J connectivity index is 2.30. The van der Waals surface area contributed by atoms with Crippen LogP contribution in [0.25, 0.3) is 0 Å². The first-order valence-corrected chi connectivity index (χ1v) is 9.60. The summed E-state index contributed by atoms with van der Waals surface area (Å²) in [7, 11) is 0. The zero-order valence-electron chi connectivity index (χ0n) is 16.3. The molecule has 26 heavy (non-hydrogen) atoms. The Morgan fingerprint density at radius 3 is 1.96 bits per heavy atom. The van der Waals surface area contributed by atoms with E-state index in [2.05, 4.69) is 117 Å². The zero-order chi connectivity index (χ0) is 18.6. The smallest absolute Gasteiger partial charge is 0.0461 e. The van der Waals surface area contributed by atoms with Crippen molar-refractivity contribution in [3.05, 3.63) is 96.7 Å². The number of rotatable bonds is 9. The number of benzene rings is 2. The molecule has 0 bridgehead atoms. The van der Waals surface area contributed by atoms with Gasteiger partial charge in [0.15, 0.2) is 0 Å². The molecule has 0 heterocycles. The van der Waals surface area contributed by atoms with Crippen molar-refractivity contribution < 1.29 is 0 Å². The molecule has 2 rings (SSSR count). The molecule has 0 saturated heterocycles. The van der Waals surface area contributed by atoms with Gasteiger partial charge in [-0.15, -0.1) is 0 Å². The molecule has 0 fully saturated rings. The first kappa shape index (κ1) is 19.8. The van der Waals surface area contributed by atoms with Crippen molar-refractivity contribution in [3.8, 4) is 0 Å². The molecule has 2 aromatic carbocycles. The van der Waals surface area contributed by atoms with Crippen LogP contribution in [0.4, 0.5) is 11.4 Å².